The lowest BCUT2D eigenvalue weighted by Gasteiger charge is -2.04. The van der Waals surface area contributed by atoms with Crippen molar-refractivity contribution in [3.63, 3.8) is 0 Å². The Morgan fingerprint density at radius 2 is 1.31 bits per heavy atom. The number of hydrogen-bond donors (Lipinski definition) is 1. The van der Waals surface area contributed by atoms with Crippen LogP contribution >= 0.6 is 0 Å². The Bertz CT molecular complexity index is 607. The number of phenols is 1. The highest BCUT2D eigenvalue weighted by Gasteiger charge is 2.03. The number of nitrogens with zero attached hydrogens (tertiary/aromatic N) is 1. The number of para-hydroxylation sites is 2. The second-order valence-electron chi connectivity index (χ2n) is 3.78. The zero-order chi connectivity index (χ0) is 11.0. The van der Waals surface area contributed by atoms with E-state index in [2.05, 4.69) is 12.1 Å². The fourth-order valence-corrected chi connectivity index (χ4v) is 1.90. The van der Waals surface area contributed by atoms with E-state index < -0.39 is 0 Å². The molecule has 1 heterocycles. The minimum Gasteiger partial charge on any atom is -0.506 e. The molecule has 0 spiro atoms. The third kappa shape index (κ3) is 1.36. The van der Waals surface area contributed by atoms with Crippen LogP contribution in [0.4, 0.5) is 0 Å². The fourth-order valence-electron chi connectivity index (χ4n) is 1.90. The second-order valence-corrected chi connectivity index (χ2v) is 3.78. The molecule has 78 valence electrons. The summed E-state index contributed by atoms with van der Waals surface area (Å²) in [6, 6.07) is 15.5. The smallest absolute Gasteiger partial charge is 0.139 e. The minimum absolute atomic E-state index is 0.294. The monoisotopic (exact) mass is 209 g/mol. The summed E-state index contributed by atoms with van der Waals surface area (Å²) in [7, 11) is 0. The van der Waals surface area contributed by atoms with Crippen LogP contribution in [0.2, 0.25) is 0 Å². The molecule has 0 fully saturated rings. The normalized spacial score (nSPS) is 10.8. The number of aromatic hydroxyl groups is 1. The highest BCUT2D eigenvalue weighted by atomic mass is 16.3. The van der Waals surface area contributed by atoms with Crippen molar-refractivity contribution in [1.29, 1.82) is 0 Å². The van der Waals surface area contributed by atoms with Crippen LogP contribution in [0.5, 0.6) is 5.75 Å². The zero-order valence-electron chi connectivity index (χ0n) is 8.67. The molecule has 0 radical (unpaired) electrons. The molecule has 0 bridgehead atoms. The van der Waals surface area contributed by atoms with Gasteiger partial charge < -0.3 is 9.67 Å². The van der Waals surface area contributed by atoms with Crippen LogP contribution in [0.1, 0.15) is 0 Å². The average Bonchev–Trinajstić information content (AvgIpc) is 2.73. The number of phenolic OH excluding ortho intramolecular Hbond substituents is 1. The van der Waals surface area contributed by atoms with Crippen molar-refractivity contribution < 1.29 is 5.11 Å². The van der Waals surface area contributed by atoms with E-state index in [1.54, 1.807) is 6.07 Å². The third-order valence-corrected chi connectivity index (χ3v) is 2.71. The Morgan fingerprint density at radius 1 is 0.750 bits per heavy atom. The maximum absolute atomic E-state index is 9.77. The minimum atomic E-state index is 0.294. The number of aromatic nitrogens is 1. The molecule has 3 aromatic rings. The highest BCUT2D eigenvalue weighted by molar-refractivity contribution is 5.83. The lowest BCUT2D eigenvalue weighted by atomic mass is 10.2. The van der Waals surface area contributed by atoms with Gasteiger partial charge in [0.1, 0.15) is 5.75 Å². The summed E-state index contributed by atoms with van der Waals surface area (Å²) in [6.07, 6.45) is 4.04. The SMILES string of the molecule is Oc1ccccc1-n1cc2ccccc2c1. The third-order valence-electron chi connectivity index (χ3n) is 2.71. The Labute approximate surface area is 93.4 Å². The van der Waals surface area contributed by atoms with Gasteiger partial charge in [0.05, 0.1) is 5.69 Å². The lowest BCUT2D eigenvalue weighted by molar-refractivity contribution is 0.472. The average molecular weight is 209 g/mol. The van der Waals surface area contributed by atoms with Gasteiger partial charge >= 0.3 is 0 Å². The molecule has 1 aromatic heterocycles. The van der Waals surface area contributed by atoms with E-state index in [0.717, 1.165) is 5.69 Å². The van der Waals surface area contributed by atoms with E-state index in [4.69, 9.17) is 0 Å². The summed E-state index contributed by atoms with van der Waals surface area (Å²) in [6.45, 7) is 0. The largest absolute Gasteiger partial charge is 0.506 e. The van der Waals surface area contributed by atoms with Crippen LogP contribution in [0, 0.1) is 0 Å². The van der Waals surface area contributed by atoms with Crippen molar-refractivity contribution in [3.8, 4) is 11.4 Å². The first-order valence-electron chi connectivity index (χ1n) is 5.20. The van der Waals surface area contributed by atoms with Gasteiger partial charge in [-0.2, -0.15) is 0 Å². The molecular formula is C14H11NO. The molecule has 0 saturated carbocycles. The Morgan fingerprint density at radius 3 is 1.94 bits per heavy atom. The summed E-state index contributed by atoms with van der Waals surface area (Å²) < 4.78 is 1.94. The van der Waals surface area contributed by atoms with Crippen LogP contribution in [0.25, 0.3) is 16.5 Å². The van der Waals surface area contributed by atoms with Crippen LogP contribution in [-0.2, 0) is 0 Å². The van der Waals surface area contributed by atoms with Crippen molar-refractivity contribution in [2.75, 3.05) is 0 Å². The predicted octanol–water partition coefficient (Wildman–Crippen LogP) is 3.34. The fraction of sp³-hybridized carbons (Fsp3) is 0. The van der Waals surface area contributed by atoms with Gasteiger partial charge in [0.25, 0.3) is 0 Å². The zero-order valence-corrected chi connectivity index (χ0v) is 8.67. The summed E-state index contributed by atoms with van der Waals surface area (Å²) in [5.41, 5.74) is 0.804. The van der Waals surface area contributed by atoms with E-state index in [-0.39, 0.29) is 0 Å². The van der Waals surface area contributed by atoms with Gasteiger partial charge in [0.15, 0.2) is 0 Å². The molecule has 3 rings (SSSR count). The second kappa shape index (κ2) is 3.42. The first-order chi connectivity index (χ1) is 7.84. The molecule has 0 aliphatic carbocycles. The summed E-state index contributed by atoms with van der Waals surface area (Å²) in [4.78, 5) is 0. The molecule has 2 nitrogen and oxygen atoms in total. The molecule has 16 heavy (non-hydrogen) atoms. The maximum atomic E-state index is 9.77. The number of benzene rings is 2. The van der Waals surface area contributed by atoms with E-state index in [1.165, 1.54) is 10.8 Å². The Balaban J connectivity index is 2.23. The van der Waals surface area contributed by atoms with Crippen molar-refractivity contribution >= 4 is 10.8 Å². The predicted molar refractivity (Wildman–Crippen MR) is 64.9 cm³/mol. The molecule has 2 heteroatoms. The Hall–Kier alpha value is -2.22. The van der Waals surface area contributed by atoms with Crippen molar-refractivity contribution in [3.05, 3.63) is 60.9 Å². The molecule has 0 aliphatic heterocycles. The van der Waals surface area contributed by atoms with Crippen LogP contribution < -0.4 is 0 Å². The molecule has 0 saturated heterocycles. The Kier molecular flexibility index (Phi) is 1.93. The summed E-state index contributed by atoms with van der Waals surface area (Å²) in [5, 5.41) is 12.1. The number of fused-ring (bicyclic) bond motifs is 1. The van der Waals surface area contributed by atoms with Crippen molar-refractivity contribution in [2.45, 2.75) is 0 Å². The van der Waals surface area contributed by atoms with Gasteiger partial charge in [-0.3, -0.25) is 0 Å². The van der Waals surface area contributed by atoms with Crippen molar-refractivity contribution in [1.82, 2.24) is 4.57 Å². The molecule has 0 aliphatic rings. The van der Waals surface area contributed by atoms with Crippen LogP contribution in [0.15, 0.2) is 60.9 Å². The van der Waals surface area contributed by atoms with E-state index in [0.29, 0.717) is 5.75 Å². The molecule has 0 unspecified atom stereocenters. The van der Waals surface area contributed by atoms with E-state index in [9.17, 15) is 5.11 Å². The van der Waals surface area contributed by atoms with Crippen molar-refractivity contribution in [2.24, 2.45) is 0 Å². The first-order valence-corrected chi connectivity index (χ1v) is 5.20. The lowest BCUT2D eigenvalue weighted by Crippen LogP contribution is -1.88. The van der Waals surface area contributed by atoms with Gasteiger partial charge in [-0.1, -0.05) is 36.4 Å². The summed E-state index contributed by atoms with van der Waals surface area (Å²) in [5.74, 6) is 0.294. The van der Waals surface area contributed by atoms with E-state index in [1.807, 2.05) is 47.3 Å². The number of hydrogen-bond acceptors (Lipinski definition) is 1. The topological polar surface area (TPSA) is 25.2 Å². The molecule has 1 N–H and O–H groups in total. The maximum Gasteiger partial charge on any atom is 0.139 e. The highest BCUT2D eigenvalue weighted by Crippen LogP contribution is 2.24. The molecule has 0 amide bonds. The van der Waals surface area contributed by atoms with Gasteiger partial charge in [-0.05, 0) is 22.9 Å². The van der Waals surface area contributed by atoms with Crippen LogP contribution in [0.3, 0.4) is 0 Å². The molecular weight excluding hydrogens is 198 g/mol. The molecule has 0 atom stereocenters. The van der Waals surface area contributed by atoms with Gasteiger partial charge in [0, 0.05) is 12.4 Å². The standard InChI is InChI=1S/C14H11NO/c16-14-8-4-3-7-13(14)15-9-11-5-1-2-6-12(11)10-15/h1-10,16H. The molecule has 2 aromatic carbocycles. The van der Waals surface area contributed by atoms with Crippen LogP contribution in [-0.4, -0.2) is 9.67 Å². The van der Waals surface area contributed by atoms with Gasteiger partial charge in [0.2, 0.25) is 0 Å². The van der Waals surface area contributed by atoms with Gasteiger partial charge in [-0.25, -0.2) is 0 Å². The number of rotatable bonds is 1. The van der Waals surface area contributed by atoms with Gasteiger partial charge in [-0.15, -0.1) is 0 Å². The first kappa shape index (κ1) is 9.04. The van der Waals surface area contributed by atoms with E-state index >= 15 is 0 Å². The summed E-state index contributed by atoms with van der Waals surface area (Å²) >= 11 is 0. The quantitative estimate of drug-likeness (QED) is 0.653.